The molecule has 0 radical (unpaired) electrons. The Bertz CT molecular complexity index is 1380. The molecule has 196 valence electrons. The second-order valence-electron chi connectivity index (χ2n) is 9.41. The van der Waals surface area contributed by atoms with Crippen molar-refractivity contribution in [3.05, 3.63) is 78.0 Å². The zero-order valence-corrected chi connectivity index (χ0v) is 21.4. The first-order chi connectivity index (χ1) is 18.6. The van der Waals surface area contributed by atoms with Crippen LogP contribution >= 0.6 is 0 Å². The number of piperidine rings is 1. The average molecular weight is 513 g/mol. The van der Waals surface area contributed by atoms with Gasteiger partial charge in [-0.2, -0.15) is 0 Å². The number of aromatic nitrogens is 3. The van der Waals surface area contributed by atoms with Crippen LogP contribution in [-0.2, 0) is 16.1 Å². The highest BCUT2D eigenvalue weighted by Gasteiger charge is 2.26. The van der Waals surface area contributed by atoms with Crippen LogP contribution in [0, 0.1) is 0 Å². The first-order valence-corrected chi connectivity index (χ1v) is 13.0. The lowest BCUT2D eigenvalue weighted by Gasteiger charge is -2.31. The Hall–Kier alpha value is -4.24. The van der Waals surface area contributed by atoms with Gasteiger partial charge in [0.05, 0.1) is 18.1 Å². The minimum absolute atomic E-state index is 0.0602. The molecule has 2 amide bonds. The highest BCUT2D eigenvalue weighted by atomic mass is 16.5. The van der Waals surface area contributed by atoms with Crippen LogP contribution in [0.1, 0.15) is 35.8 Å². The highest BCUT2D eigenvalue weighted by molar-refractivity contribution is 6.00. The van der Waals surface area contributed by atoms with Gasteiger partial charge < -0.3 is 25.3 Å². The van der Waals surface area contributed by atoms with Gasteiger partial charge in [0.1, 0.15) is 17.2 Å². The lowest BCUT2D eigenvalue weighted by Crippen LogP contribution is -2.41. The van der Waals surface area contributed by atoms with Crippen molar-refractivity contribution in [2.75, 3.05) is 31.5 Å². The van der Waals surface area contributed by atoms with Crippen molar-refractivity contribution in [1.82, 2.24) is 25.2 Å². The number of carbonyl (C=O) groups is 2. The molecular weight excluding hydrogens is 480 g/mol. The number of rotatable bonds is 9. The van der Waals surface area contributed by atoms with Crippen molar-refractivity contribution in [2.45, 2.75) is 32.5 Å². The molecule has 0 bridgehead atoms. The van der Waals surface area contributed by atoms with Crippen LogP contribution < -0.4 is 10.6 Å². The predicted molar refractivity (Wildman–Crippen MR) is 147 cm³/mol. The molecule has 5 rings (SSSR count). The van der Waals surface area contributed by atoms with E-state index in [1.807, 2.05) is 59.5 Å². The molecule has 1 aliphatic rings. The van der Waals surface area contributed by atoms with Crippen LogP contribution in [0.25, 0.3) is 22.4 Å². The third-order valence-electron chi connectivity index (χ3n) is 6.60. The molecule has 0 saturated carbocycles. The summed E-state index contributed by atoms with van der Waals surface area (Å²) in [7, 11) is 0. The molecule has 9 heteroatoms. The number of anilines is 1. The molecule has 3 N–H and O–H groups in total. The van der Waals surface area contributed by atoms with Crippen LogP contribution in [0.15, 0.2) is 66.7 Å². The fraction of sp³-hybridized carbons (Fsp3) is 0.310. The van der Waals surface area contributed by atoms with Gasteiger partial charge in [0.15, 0.2) is 5.82 Å². The molecule has 1 aliphatic heterocycles. The van der Waals surface area contributed by atoms with Gasteiger partial charge in [-0.05, 0) is 24.5 Å². The van der Waals surface area contributed by atoms with Crippen LogP contribution in [0.4, 0.5) is 5.82 Å². The lowest BCUT2D eigenvalue weighted by molar-refractivity contribution is -0.118. The molecule has 38 heavy (non-hydrogen) atoms. The van der Waals surface area contributed by atoms with Crippen molar-refractivity contribution in [1.29, 1.82) is 0 Å². The van der Waals surface area contributed by atoms with Gasteiger partial charge in [0, 0.05) is 38.7 Å². The molecule has 0 unspecified atom stereocenters. The van der Waals surface area contributed by atoms with Gasteiger partial charge >= 0.3 is 0 Å². The summed E-state index contributed by atoms with van der Waals surface area (Å²) in [4.78, 5) is 39.2. The van der Waals surface area contributed by atoms with Crippen molar-refractivity contribution < 1.29 is 14.3 Å². The Morgan fingerprint density at radius 1 is 1.00 bits per heavy atom. The molecule has 1 saturated heterocycles. The van der Waals surface area contributed by atoms with Gasteiger partial charge in [-0.25, -0.2) is 9.97 Å². The Morgan fingerprint density at radius 3 is 2.42 bits per heavy atom. The maximum atomic E-state index is 13.4. The predicted octanol–water partition coefficient (Wildman–Crippen LogP) is 3.99. The van der Waals surface area contributed by atoms with E-state index in [4.69, 9.17) is 14.7 Å². The molecule has 9 nitrogen and oxygen atoms in total. The zero-order chi connectivity index (χ0) is 26.3. The maximum absolute atomic E-state index is 13.4. The smallest absolute Gasteiger partial charge is 0.270 e. The summed E-state index contributed by atoms with van der Waals surface area (Å²) in [6.07, 6.45) is 1.74. The summed E-state index contributed by atoms with van der Waals surface area (Å²) in [5.74, 6) is 1.02. The minimum atomic E-state index is -0.0895. The van der Waals surface area contributed by atoms with Crippen LogP contribution in [0.2, 0.25) is 0 Å². The third-order valence-corrected chi connectivity index (χ3v) is 6.60. The Kier molecular flexibility index (Phi) is 7.94. The quantitative estimate of drug-likeness (QED) is 0.292. The number of likely N-dealkylation sites (tertiary alicyclic amines) is 1. The van der Waals surface area contributed by atoms with E-state index in [2.05, 4.69) is 27.8 Å². The number of benzene rings is 2. The minimum Gasteiger partial charge on any atom is -0.373 e. The Balaban J connectivity index is 1.29. The third kappa shape index (κ3) is 6.18. The number of H-pyrrole nitrogens is 1. The average Bonchev–Trinajstić information content (AvgIpc) is 3.39. The molecular formula is C29H32N6O3. The zero-order valence-electron chi connectivity index (χ0n) is 21.4. The van der Waals surface area contributed by atoms with E-state index in [1.165, 1.54) is 6.92 Å². The van der Waals surface area contributed by atoms with E-state index in [9.17, 15) is 9.59 Å². The molecule has 0 aliphatic carbocycles. The van der Waals surface area contributed by atoms with Crippen LogP contribution in [-0.4, -0.2) is 63.9 Å². The summed E-state index contributed by atoms with van der Waals surface area (Å²) >= 11 is 0. The Morgan fingerprint density at radius 2 is 1.71 bits per heavy atom. The lowest BCUT2D eigenvalue weighted by atomic mass is 10.1. The van der Waals surface area contributed by atoms with Crippen molar-refractivity contribution in [3.63, 3.8) is 0 Å². The van der Waals surface area contributed by atoms with E-state index in [1.54, 1.807) is 0 Å². The summed E-state index contributed by atoms with van der Waals surface area (Å²) in [6.45, 7) is 4.29. The fourth-order valence-electron chi connectivity index (χ4n) is 4.58. The van der Waals surface area contributed by atoms with E-state index in [0.717, 1.165) is 29.4 Å². The van der Waals surface area contributed by atoms with Crippen LogP contribution in [0.5, 0.6) is 0 Å². The molecule has 3 heterocycles. The number of ether oxygens (including phenoxy) is 1. The molecule has 0 atom stereocenters. The molecule has 2 aromatic carbocycles. The summed E-state index contributed by atoms with van der Waals surface area (Å²) in [5.41, 5.74) is 3.10. The van der Waals surface area contributed by atoms with Gasteiger partial charge in [-0.15, -0.1) is 0 Å². The van der Waals surface area contributed by atoms with Gasteiger partial charge in [0.25, 0.3) is 5.91 Å². The largest absolute Gasteiger partial charge is 0.373 e. The standard InChI is InChI=1S/C29H32N6O3/c1-20(36)30-14-15-31-27-24-18-25(32-28(24)34-26(33-27)22-10-6-3-7-11-22)29(37)35-16-12-23(13-17-35)38-19-21-8-4-2-5-9-21/h2-11,18,23H,12-17,19H2,1H3,(H,30,36)(H2,31,32,33,34). The van der Waals surface area contributed by atoms with Crippen molar-refractivity contribution in [3.8, 4) is 11.4 Å². The van der Waals surface area contributed by atoms with Gasteiger partial charge in [-0.3, -0.25) is 9.59 Å². The number of hydrogen-bond donors (Lipinski definition) is 3. The summed E-state index contributed by atoms with van der Waals surface area (Å²) in [5, 5.41) is 6.80. The summed E-state index contributed by atoms with van der Waals surface area (Å²) in [6, 6.07) is 21.6. The van der Waals surface area contributed by atoms with E-state index >= 15 is 0 Å². The molecule has 4 aromatic rings. The van der Waals surface area contributed by atoms with E-state index in [0.29, 0.717) is 55.8 Å². The van der Waals surface area contributed by atoms with E-state index in [-0.39, 0.29) is 17.9 Å². The number of nitrogens with one attached hydrogen (secondary N) is 3. The number of hydrogen-bond acceptors (Lipinski definition) is 6. The van der Waals surface area contributed by atoms with Crippen LogP contribution in [0.3, 0.4) is 0 Å². The first-order valence-electron chi connectivity index (χ1n) is 13.0. The number of carbonyl (C=O) groups excluding carboxylic acids is 2. The topological polar surface area (TPSA) is 112 Å². The van der Waals surface area contributed by atoms with Crippen molar-refractivity contribution >= 4 is 28.7 Å². The second kappa shape index (κ2) is 11.9. The number of amides is 2. The molecule has 0 spiro atoms. The normalized spacial score (nSPS) is 14.0. The number of nitrogens with zero attached hydrogens (tertiary/aromatic N) is 3. The number of fused-ring (bicyclic) bond motifs is 1. The second-order valence-corrected chi connectivity index (χ2v) is 9.41. The molecule has 1 fully saturated rings. The van der Waals surface area contributed by atoms with Gasteiger partial charge in [0.2, 0.25) is 5.91 Å². The van der Waals surface area contributed by atoms with Gasteiger partial charge in [-0.1, -0.05) is 60.7 Å². The summed E-state index contributed by atoms with van der Waals surface area (Å²) < 4.78 is 6.08. The van der Waals surface area contributed by atoms with Crippen molar-refractivity contribution in [2.24, 2.45) is 0 Å². The first kappa shape index (κ1) is 25.4. The number of aromatic amines is 1. The highest BCUT2D eigenvalue weighted by Crippen LogP contribution is 2.27. The Labute approximate surface area is 221 Å². The van der Waals surface area contributed by atoms with E-state index < -0.39 is 0 Å². The maximum Gasteiger partial charge on any atom is 0.270 e. The molecule has 2 aromatic heterocycles. The fourth-order valence-corrected chi connectivity index (χ4v) is 4.58. The SMILES string of the molecule is CC(=O)NCCNc1nc(-c2ccccc2)nc2[nH]c(C(=O)N3CCC(OCc4ccccc4)CC3)cc12. The monoisotopic (exact) mass is 512 g/mol.